The first-order chi connectivity index (χ1) is 17.2. The summed E-state index contributed by atoms with van der Waals surface area (Å²) in [4.78, 5) is 17.3. The van der Waals surface area contributed by atoms with Gasteiger partial charge in [0.1, 0.15) is 11.6 Å². The first-order valence-electron chi connectivity index (χ1n) is 13.0. The standard InChI is InChI=1S/C26H36ClF2N5O2/c1-4-34-24(22(27)23(33-34)25(35)31-14-17-10-8-16(2)9-11-17)18-15-30-21(13-19(18)36-3)32-20-7-5-6-12-26(20,28)29/h13,15-17,20H,4-12,14H2,1-3H3,(H,30,32)(H,31,35)/t16?,17?,20-/m1/s1. The van der Waals surface area contributed by atoms with E-state index in [1.807, 2.05) is 6.92 Å². The third-order valence-corrected chi connectivity index (χ3v) is 7.88. The van der Waals surface area contributed by atoms with Crippen molar-refractivity contribution in [2.45, 2.75) is 83.7 Å². The highest BCUT2D eigenvalue weighted by Crippen LogP contribution is 2.39. The molecule has 2 aromatic rings. The molecule has 0 aromatic carbocycles. The zero-order valence-electron chi connectivity index (χ0n) is 21.2. The summed E-state index contributed by atoms with van der Waals surface area (Å²) in [6.07, 6.45) is 7.65. The molecule has 0 radical (unpaired) electrons. The van der Waals surface area contributed by atoms with Gasteiger partial charge in [0.05, 0.1) is 29.4 Å². The van der Waals surface area contributed by atoms with Gasteiger partial charge in [-0.25, -0.2) is 13.8 Å². The van der Waals surface area contributed by atoms with Crippen molar-refractivity contribution in [1.82, 2.24) is 20.1 Å². The molecular weight excluding hydrogens is 488 g/mol. The van der Waals surface area contributed by atoms with Crippen LogP contribution < -0.4 is 15.4 Å². The quantitative estimate of drug-likeness (QED) is 0.432. The van der Waals surface area contributed by atoms with E-state index in [1.54, 1.807) is 10.7 Å². The zero-order chi connectivity index (χ0) is 25.9. The molecule has 1 atom stereocenters. The molecule has 36 heavy (non-hydrogen) atoms. The molecule has 2 heterocycles. The van der Waals surface area contributed by atoms with E-state index in [1.165, 1.54) is 26.1 Å². The average molecular weight is 524 g/mol. The van der Waals surface area contributed by atoms with E-state index in [0.29, 0.717) is 54.7 Å². The summed E-state index contributed by atoms with van der Waals surface area (Å²) in [5, 5.41) is 10.6. The average Bonchev–Trinajstić information content (AvgIpc) is 3.20. The highest BCUT2D eigenvalue weighted by Gasteiger charge is 2.41. The zero-order valence-corrected chi connectivity index (χ0v) is 22.0. The Kier molecular flexibility index (Phi) is 8.37. The van der Waals surface area contributed by atoms with Gasteiger partial charge in [-0.05, 0) is 44.4 Å². The lowest BCUT2D eigenvalue weighted by atomic mass is 9.83. The molecule has 2 aliphatic rings. The van der Waals surface area contributed by atoms with Gasteiger partial charge >= 0.3 is 0 Å². The summed E-state index contributed by atoms with van der Waals surface area (Å²) in [6.45, 7) is 5.25. The summed E-state index contributed by atoms with van der Waals surface area (Å²) < 4.78 is 35.9. The Morgan fingerprint density at radius 1 is 1.25 bits per heavy atom. The first-order valence-corrected chi connectivity index (χ1v) is 13.3. The molecule has 2 aromatic heterocycles. The Morgan fingerprint density at radius 3 is 2.67 bits per heavy atom. The number of alkyl halides is 2. The van der Waals surface area contributed by atoms with Crippen molar-refractivity contribution in [3.63, 3.8) is 0 Å². The number of anilines is 1. The predicted molar refractivity (Wildman–Crippen MR) is 137 cm³/mol. The molecule has 0 bridgehead atoms. The number of hydrogen-bond donors (Lipinski definition) is 2. The van der Waals surface area contributed by atoms with Gasteiger partial charge in [-0.3, -0.25) is 9.48 Å². The third kappa shape index (κ3) is 5.76. The Labute approximate surface area is 216 Å². The molecule has 198 valence electrons. The molecule has 7 nitrogen and oxygen atoms in total. The lowest BCUT2D eigenvalue weighted by molar-refractivity contribution is -0.0449. The molecule has 4 rings (SSSR count). The van der Waals surface area contributed by atoms with Gasteiger partial charge < -0.3 is 15.4 Å². The monoisotopic (exact) mass is 523 g/mol. The number of halogens is 3. The molecule has 10 heteroatoms. The third-order valence-electron chi connectivity index (χ3n) is 7.52. The second-order valence-corrected chi connectivity index (χ2v) is 10.5. The summed E-state index contributed by atoms with van der Waals surface area (Å²) >= 11 is 6.70. The molecule has 1 amide bonds. The summed E-state index contributed by atoms with van der Waals surface area (Å²) in [5.74, 6) is -1.16. The maximum absolute atomic E-state index is 14.3. The maximum Gasteiger partial charge on any atom is 0.273 e. The van der Waals surface area contributed by atoms with Crippen LogP contribution in [0.5, 0.6) is 5.75 Å². The molecular formula is C26H36ClF2N5O2. The van der Waals surface area contributed by atoms with Crippen LogP contribution in [0.3, 0.4) is 0 Å². The predicted octanol–water partition coefficient (Wildman–Crippen LogP) is 6.17. The van der Waals surface area contributed by atoms with Crippen LogP contribution >= 0.6 is 11.6 Å². The van der Waals surface area contributed by atoms with Crippen molar-refractivity contribution < 1.29 is 18.3 Å². The molecule has 2 fully saturated rings. The number of carbonyl (C=O) groups excluding carboxylic acids is 1. The summed E-state index contributed by atoms with van der Waals surface area (Å²) in [7, 11) is 1.50. The summed E-state index contributed by atoms with van der Waals surface area (Å²) in [5.41, 5.74) is 1.21. The topological polar surface area (TPSA) is 81.1 Å². The normalized spacial score (nSPS) is 23.8. The lowest BCUT2D eigenvalue weighted by Gasteiger charge is -2.32. The number of amides is 1. The van der Waals surface area contributed by atoms with Crippen LogP contribution in [0.1, 0.15) is 75.7 Å². The minimum atomic E-state index is -2.78. The minimum absolute atomic E-state index is 0.129. The van der Waals surface area contributed by atoms with Gasteiger partial charge in [0.2, 0.25) is 0 Å². The van der Waals surface area contributed by atoms with Crippen LogP contribution in [0.2, 0.25) is 5.02 Å². The highest BCUT2D eigenvalue weighted by atomic mass is 35.5. The van der Waals surface area contributed by atoms with Crippen LogP contribution in [0, 0.1) is 11.8 Å². The molecule has 2 aliphatic carbocycles. The van der Waals surface area contributed by atoms with Crippen LogP contribution in [-0.2, 0) is 6.54 Å². The fourth-order valence-corrected chi connectivity index (χ4v) is 5.56. The molecule has 0 spiro atoms. The Balaban J connectivity index is 1.54. The Morgan fingerprint density at radius 2 is 2.00 bits per heavy atom. The van der Waals surface area contributed by atoms with Gasteiger partial charge in [-0.15, -0.1) is 0 Å². The van der Waals surface area contributed by atoms with E-state index in [4.69, 9.17) is 16.3 Å². The number of rotatable bonds is 8. The van der Waals surface area contributed by atoms with E-state index in [9.17, 15) is 13.6 Å². The van der Waals surface area contributed by atoms with E-state index >= 15 is 0 Å². The molecule has 2 N–H and O–H groups in total. The first kappa shape index (κ1) is 26.6. The number of aromatic nitrogens is 3. The van der Waals surface area contributed by atoms with Crippen LogP contribution in [0.4, 0.5) is 14.6 Å². The van der Waals surface area contributed by atoms with E-state index in [-0.39, 0.29) is 23.0 Å². The number of aryl methyl sites for hydroxylation is 1. The minimum Gasteiger partial charge on any atom is -0.496 e. The van der Waals surface area contributed by atoms with Gasteiger partial charge in [-0.1, -0.05) is 37.8 Å². The molecule has 2 saturated carbocycles. The van der Waals surface area contributed by atoms with E-state index in [2.05, 4.69) is 27.6 Å². The van der Waals surface area contributed by atoms with Crippen molar-refractivity contribution in [2.24, 2.45) is 11.8 Å². The van der Waals surface area contributed by atoms with Gasteiger partial charge in [0.15, 0.2) is 5.69 Å². The SMILES string of the molecule is CCn1nc(C(=O)NCC2CCC(C)CC2)c(Cl)c1-c1cnc(N[C@@H]2CCCCC2(F)F)cc1OC. The van der Waals surface area contributed by atoms with Crippen molar-refractivity contribution in [2.75, 3.05) is 19.0 Å². The van der Waals surface area contributed by atoms with E-state index < -0.39 is 12.0 Å². The highest BCUT2D eigenvalue weighted by molar-refractivity contribution is 6.36. The van der Waals surface area contributed by atoms with E-state index in [0.717, 1.165) is 25.2 Å². The number of nitrogens with one attached hydrogen (secondary N) is 2. The van der Waals surface area contributed by atoms with Crippen molar-refractivity contribution >= 4 is 23.3 Å². The summed E-state index contributed by atoms with van der Waals surface area (Å²) in [6, 6.07) is 0.620. The maximum atomic E-state index is 14.3. The van der Waals surface area contributed by atoms with Crippen molar-refractivity contribution in [3.8, 4) is 17.0 Å². The Hall–Kier alpha value is -2.42. The van der Waals surface area contributed by atoms with Crippen LogP contribution in [0.25, 0.3) is 11.3 Å². The van der Waals surface area contributed by atoms with Crippen molar-refractivity contribution in [1.29, 1.82) is 0 Å². The fourth-order valence-electron chi connectivity index (χ4n) is 5.24. The molecule has 0 unspecified atom stereocenters. The molecule has 0 aliphatic heterocycles. The Bertz CT molecular complexity index is 1070. The van der Waals surface area contributed by atoms with Gasteiger partial charge in [0.25, 0.3) is 11.8 Å². The number of ether oxygens (including phenoxy) is 1. The second-order valence-electron chi connectivity index (χ2n) is 10.1. The number of pyridine rings is 1. The van der Waals surface area contributed by atoms with Gasteiger partial charge in [0, 0.05) is 31.8 Å². The second kappa shape index (κ2) is 11.3. The van der Waals surface area contributed by atoms with Crippen LogP contribution in [-0.4, -0.2) is 46.3 Å². The number of hydrogen-bond acceptors (Lipinski definition) is 5. The number of nitrogens with zero attached hydrogens (tertiary/aromatic N) is 3. The largest absolute Gasteiger partial charge is 0.496 e. The fraction of sp³-hybridized carbons (Fsp3) is 0.654. The van der Waals surface area contributed by atoms with Crippen LogP contribution in [0.15, 0.2) is 12.3 Å². The smallest absolute Gasteiger partial charge is 0.273 e. The number of methoxy groups -OCH3 is 1. The van der Waals surface area contributed by atoms with Crippen molar-refractivity contribution in [3.05, 3.63) is 23.0 Å². The number of carbonyl (C=O) groups is 1. The molecule has 0 saturated heterocycles. The lowest BCUT2D eigenvalue weighted by Crippen LogP contribution is -2.42. The van der Waals surface area contributed by atoms with Gasteiger partial charge in [-0.2, -0.15) is 5.10 Å².